The van der Waals surface area contributed by atoms with Gasteiger partial charge in [0.15, 0.2) is 0 Å². The minimum Gasteiger partial charge on any atom is -0.363 e. The van der Waals surface area contributed by atoms with Crippen LogP contribution >= 0.6 is 0 Å². The second-order valence-electron chi connectivity index (χ2n) is 7.76. The second kappa shape index (κ2) is 6.79. The van der Waals surface area contributed by atoms with Gasteiger partial charge in [0.2, 0.25) is 0 Å². The third-order valence-corrected chi connectivity index (χ3v) is 6.08. The van der Waals surface area contributed by atoms with Crippen LogP contribution in [0.2, 0.25) is 0 Å². The first-order chi connectivity index (χ1) is 13.7. The lowest BCUT2D eigenvalue weighted by Crippen LogP contribution is -2.41. The highest BCUT2D eigenvalue weighted by Gasteiger charge is 2.30. The zero-order valence-electron chi connectivity index (χ0n) is 16.0. The summed E-state index contributed by atoms with van der Waals surface area (Å²) >= 11 is 0. The predicted octanol–water partition coefficient (Wildman–Crippen LogP) is 3.04. The maximum absolute atomic E-state index is 9.19. The van der Waals surface area contributed by atoms with Crippen LogP contribution in [-0.2, 0) is 13.0 Å². The van der Waals surface area contributed by atoms with Gasteiger partial charge < -0.3 is 14.8 Å². The van der Waals surface area contributed by atoms with E-state index in [1.165, 1.54) is 11.3 Å². The Morgan fingerprint density at radius 2 is 2.04 bits per heavy atom. The number of piperidine rings is 1. The molecular weight excluding hydrogens is 350 g/mol. The summed E-state index contributed by atoms with van der Waals surface area (Å²) in [7, 11) is 0. The lowest BCUT2D eigenvalue weighted by atomic mass is 9.96. The molecule has 3 aromatic heterocycles. The van der Waals surface area contributed by atoms with Gasteiger partial charge >= 0.3 is 0 Å². The molecule has 5 rings (SSSR count). The Morgan fingerprint density at radius 1 is 1.18 bits per heavy atom. The average Bonchev–Trinajstić information content (AvgIpc) is 3.22. The predicted molar refractivity (Wildman–Crippen MR) is 108 cm³/mol. The summed E-state index contributed by atoms with van der Waals surface area (Å²) in [5.41, 5.74) is 4.48. The topological polar surface area (TPSA) is 84.7 Å². The van der Waals surface area contributed by atoms with Crippen molar-refractivity contribution in [3.05, 3.63) is 42.1 Å². The molecule has 0 saturated carbocycles. The molecule has 7 heteroatoms. The highest BCUT2D eigenvalue weighted by atomic mass is 15.2. The van der Waals surface area contributed by atoms with Crippen molar-refractivity contribution in [3.8, 4) is 6.07 Å². The van der Waals surface area contributed by atoms with Crippen molar-refractivity contribution in [2.24, 2.45) is 5.92 Å². The number of H-pyrrole nitrogens is 1. The molecule has 2 aliphatic rings. The van der Waals surface area contributed by atoms with E-state index in [-0.39, 0.29) is 5.92 Å². The third kappa shape index (κ3) is 2.76. The van der Waals surface area contributed by atoms with Crippen molar-refractivity contribution in [1.82, 2.24) is 19.9 Å². The van der Waals surface area contributed by atoms with Gasteiger partial charge in [0, 0.05) is 67.0 Å². The summed E-state index contributed by atoms with van der Waals surface area (Å²) in [4.78, 5) is 21.7. The molecule has 0 bridgehead atoms. The summed E-state index contributed by atoms with van der Waals surface area (Å²) in [6, 6.07) is 6.95. The first kappa shape index (κ1) is 17.0. The van der Waals surface area contributed by atoms with Crippen LogP contribution in [0.3, 0.4) is 0 Å². The first-order valence-corrected chi connectivity index (χ1v) is 9.90. The van der Waals surface area contributed by atoms with Crippen molar-refractivity contribution in [2.45, 2.75) is 38.8 Å². The van der Waals surface area contributed by atoms with E-state index in [2.05, 4.69) is 54.9 Å². The Morgan fingerprint density at radius 3 is 2.86 bits per heavy atom. The Hall–Kier alpha value is -3.14. The fraction of sp³-hybridized carbons (Fsp3) is 0.429. The zero-order chi connectivity index (χ0) is 19.1. The second-order valence-corrected chi connectivity index (χ2v) is 7.76. The Labute approximate surface area is 164 Å². The number of hydrogen-bond donors (Lipinski definition) is 1. The largest absolute Gasteiger partial charge is 0.363 e. The molecule has 28 heavy (non-hydrogen) atoms. The summed E-state index contributed by atoms with van der Waals surface area (Å²) < 4.78 is 0. The van der Waals surface area contributed by atoms with Crippen LogP contribution in [0, 0.1) is 17.2 Å². The molecule has 1 atom stereocenters. The molecule has 0 aromatic carbocycles. The number of anilines is 2. The van der Waals surface area contributed by atoms with E-state index in [1.807, 2.05) is 12.4 Å². The third-order valence-electron chi connectivity index (χ3n) is 6.08. The van der Waals surface area contributed by atoms with Crippen LogP contribution in [0.4, 0.5) is 11.5 Å². The van der Waals surface area contributed by atoms with E-state index in [0.717, 1.165) is 61.4 Å². The standard InChI is InChI=1S/C21H23N7/c1-14-10-18-17(12-28(14)19-3-7-24-20-16(19)2-6-23-20)21(26-13-25-18)27-8-4-15(11-22)5-9-27/h2-3,6-7,13-15H,4-5,8-10,12H2,1H3,(H,23,24)/t14-/m1/s1. The van der Waals surface area contributed by atoms with E-state index in [1.54, 1.807) is 6.33 Å². The van der Waals surface area contributed by atoms with Gasteiger partial charge in [0.05, 0.1) is 11.8 Å². The number of fused-ring (bicyclic) bond motifs is 2. The van der Waals surface area contributed by atoms with Gasteiger partial charge in [-0.2, -0.15) is 5.26 Å². The minimum atomic E-state index is 0.170. The number of pyridine rings is 1. The number of nitriles is 1. The Kier molecular flexibility index (Phi) is 4.12. The molecule has 3 aromatic rings. The maximum atomic E-state index is 9.19. The number of hydrogen-bond acceptors (Lipinski definition) is 6. The van der Waals surface area contributed by atoms with Crippen LogP contribution < -0.4 is 9.80 Å². The van der Waals surface area contributed by atoms with Crippen molar-refractivity contribution >= 4 is 22.5 Å². The van der Waals surface area contributed by atoms with E-state index >= 15 is 0 Å². The normalized spacial score (nSPS) is 20.2. The van der Waals surface area contributed by atoms with Crippen molar-refractivity contribution in [2.75, 3.05) is 22.9 Å². The molecule has 0 aliphatic carbocycles. The number of aromatic amines is 1. The summed E-state index contributed by atoms with van der Waals surface area (Å²) in [5.74, 6) is 1.21. The molecule has 142 valence electrons. The number of nitrogens with zero attached hydrogens (tertiary/aromatic N) is 6. The lowest BCUT2D eigenvalue weighted by Gasteiger charge is -2.39. The van der Waals surface area contributed by atoms with E-state index < -0.39 is 0 Å². The number of rotatable bonds is 2. The fourth-order valence-electron chi connectivity index (χ4n) is 4.50. The number of aromatic nitrogens is 4. The Bertz CT molecular complexity index is 1040. The van der Waals surface area contributed by atoms with Gasteiger partial charge in [-0.05, 0) is 31.9 Å². The van der Waals surface area contributed by atoms with Gasteiger partial charge in [-0.25, -0.2) is 15.0 Å². The molecule has 1 fully saturated rings. The Balaban J connectivity index is 1.50. The highest BCUT2D eigenvalue weighted by Crippen LogP contribution is 2.35. The molecular formula is C21H23N7. The quantitative estimate of drug-likeness (QED) is 0.743. The SMILES string of the molecule is C[C@@H]1Cc2ncnc(N3CCC(C#N)CC3)c2CN1c1ccnc2[nH]ccc12. The van der Waals surface area contributed by atoms with Crippen molar-refractivity contribution < 1.29 is 0 Å². The van der Waals surface area contributed by atoms with Gasteiger partial charge in [0.25, 0.3) is 0 Å². The monoisotopic (exact) mass is 373 g/mol. The van der Waals surface area contributed by atoms with E-state index in [9.17, 15) is 5.26 Å². The molecule has 1 saturated heterocycles. The van der Waals surface area contributed by atoms with Gasteiger partial charge in [-0.1, -0.05) is 0 Å². The van der Waals surface area contributed by atoms with Crippen LogP contribution in [-0.4, -0.2) is 39.1 Å². The van der Waals surface area contributed by atoms with Crippen LogP contribution in [0.5, 0.6) is 0 Å². The first-order valence-electron chi connectivity index (χ1n) is 9.90. The molecule has 2 aliphatic heterocycles. The van der Waals surface area contributed by atoms with Gasteiger partial charge in [0.1, 0.15) is 17.8 Å². The molecule has 0 spiro atoms. The molecule has 0 unspecified atom stereocenters. The average molecular weight is 373 g/mol. The summed E-state index contributed by atoms with van der Waals surface area (Å²) in [6.07, 6.45) is 8.22. The van der Waals surface area contributed by atoms with Crippen LogP contribution in [0.15, 0.2) is 30.9 Å². The molecule has 5 heterocycles. The molecule has 0 amide bonds. The van der Waals surface area contributed by atoms with E-state index in [4.69, 9.17) is 0 Å². The molecule has 1 N–H and O–H groups in total. The fourth-order valence-corrected chi connectivity index (χ4v) is 4.50. The molecule has 7 nitrogen and oxygen atoms in total. The molecule has 0 radical (unpaired) electrons. The van der Waals surface area contributed by atoms with Crippen molar-refractivity contribution in [1.29, 1.82) is 5.26 Å². The van der Waals surface area contributed by atoms with Crippen LogP contribution in [0.1, 0.15) is 31.0 Å². The van der Waals surface area contributed by atoms with E-state index in [0.29, 0.717) is 6.04 Å². The lowest BCUT2D eigenvalue weighted by molar-refractivity contribution is 0.481. The summed E-state index contributed by atoms with van der Waals surface area (Å²) in [5, 5.41) is 10.3. The van der Waals surface area contributed by atoms with Crippen LogP contribution in [0.25, 0.3) is 11.0 Å². The number of nitrogens with one attached hydrogen (secondary N) is 1. The zero-order valence-corrected chi connectivity index (χ0v) is 16.0. The van der Waals surface area contributed by atoms with Crippen molar-refractivity contribution in [3.63, 3.8) is 0 Å². The maximum Gasteiger partial charge on any atom is 0.139 e. The highest BCUT2D eigenvalue weighted by molar-refractivity contribution is 5.90. The van der Waals surface area contributed by atoms with Gasteiger partial charge in [-0.15, -0.1) is 0 Å². The minimum absolute atomic E-state index is 0.170. The summed E-state index contributed by atoms with van der Waals surface area (Å²) in [6.45, 7) is 4.81. The smallest absolute Gasteiger partial charge is 0.139 e. The van der Waals surface area contributed by atoms with Gasteiger partial charge in [-0.3, -0.25) is 0 Å².